The summed E-state index contributed by atoms with van der Waals surface area (Å²) in [7, 11) is 0. The first kappa shape index (κ1) is 43.3. The third-order valence-corrected chi connectivity index (χ3v) is 14.6. The minimum Gasteiger partial charge on any atom is -0.306 e. The summed E-state index contributed by atoms with van der Waals surface area (Å²) >= 11 is 0. The molecular formula is C63H35F6N5. The summed E-state index contributed by atoms with van der Waals surface area (Å²) in [6.07, 6.45) is -10.4. The number of hydrogen-bond acceptors (Lipinski definition) is 1. The van der Waals surface area contributed by atoms with Crippen LogP contribution in [0.3, 0.4) is 0 Å². The molecular weight excluding hydrogens is 941 g/mol. The summed E-state index contributed by atoms with van der Waals surface area (Å²) in [6, 6.07) is 65.8. The standard InChI is InChI=1S/C63H35F6N5/c64-62(65,66)38-33-37(34-39(35-38)63(67,68)69)57-60(73-53-29-13-5-21-44(53)45-22-6-14-30-54(45)73)58(71-49-25-9-1-17-40(49)41-18-2-10-26-50(41)71)48(36-70)59(72-51-27-11-3-19-42(51)43-20-4-12-28-52(43)72)61(57)74-55-31-15-7-23-46(55)47-24-8-16-32-56(47)74/h1-35H. The van der Waals surface area contributed by atoms with Crippen LogP contribution in [0.1, 0.15) is 16.7 Å². The molecule has 0 unspecified atom stereocenters. The second kappa shape index (κ2) is 15.7. The third-order valence-electron chi connectivity index (χ3n) is 14.6. The van der Waals surface area contributed by atoms with Gasteiger partial charge in [0.05, 0.1) is 78.0 Å². The molecule has 354 valence electrons. The molecule has 0 aliphatic carbocycles. The van der Waals surface area contributed by atoms with Crippen LogP contribution in [0.5, 0.6) is 0 Å². The molecule has 14 rings (SSSR count). The SMILES string of the molecule is N#Cc1c(-n2c3ccccc3c3ccccc32)c(-n2c3ccccc3c3ccccc32)c(-c2cc(C(F)(F)F)cc(C(F)(F)F)c2)c(-n2c3ccccc3c3ccccc32)c1-n1c2ccccc2c2ccccc21. The van der Waals surface area contributed by atoms with Crippen molar-refractivity contribution in [3.63, 3.8) is 0 Å². The number of aromatic nitrogens is 4. The van der Waals surface area contributed by atoms with Crippen molar-refractivity contribution in [2.24, 2.45) is 0 Å². The van der Waals surface area contributed by atoms with E-state index >= 15 is 26.3 Å². The Kier molecular flexibility index (Phi) is 9.20. The lowest BCUT2D eigenvalue weighted by Crippen LogP contribution is -2.17. The largest absolute Gasteiger partial charge is 0.416 e. The van der Waals surface area contributed by atoms with Crippen molar-refractivity contribution in [2.45, 2.75) is 12.4 Å². The number of benzene rings is 10. The van der Waals surface area contributed by atoms with Gasteiger partial charge in [0.15, 0.2) is 0 Å². The molecule has 10 aromatic carbocycles. The van der Waals surface area contributed by atoms with Crippen molar-refractivity contribution in [1.82, 2.24) is 18.3 Å². The monoisotopic (exact) mass is 975 g/mol. The molecule has 0 saturated carbocycles. The highest BCUT2D eigenvalue weighted by Gasteiger charge is 2.40. The molecule has 14 aromatic rings. The summed E-state index contributed by atoms with van der Waals surface area (Å²) in [5.74, 6) is 0. The van der Waals surface area contributed by atoms with Gasteiger partial charge < -0.3 is 18.3 Å². The number of fused-ring (bicyclic) bond motifs is 12. The smallest absolute Gasteiger partial charge is 0.306 e. The maximum atomic E-state index is 15.6. The Hall–Kier alpha value is -9.53. The first-order valence-corrected chi connectivity index (χ1v) is 23.9. The minimum atomic E-state index is -5.21. The van der Waals surface area contributed by atoms with E-state index in [1.54, 1.807) is 0 Å². The Morgan fingerprint density at radius 1 is 0.297 bits per heavy atom. The first-order chi connectivity index (χ1) is 36.0. The van der Waals surface area contributed by atoms with Gasteiger partial charge in [0, 0.05) is 48.7 Å². The molecule has 0 aliphatic rings. The van der Waals surface area contributed by atoms with Gasteiger partial charge in [-0.15, -0.1) is 0 Å². The van der Waals surface area contributed by atoms with Crippen LogP contribution < -0.4 is 0 Å². The zero-order valence-electron chi connectivity index (χ0n) is 38.7. The predicted molar refractivity (Wildman–Crippen MR) is 284 cm³/mol. The lowest BCUT2D eigenvalue weighted by Gasteiger charge is -2.29. The second-order valence-electron chi connectivity index (χ2n) is 18.5. The average Bonchev–Trinajstić information content (AvgIpc) is 4.15. The van der Waals surface area contributed by atoms with E-state index in [1.807, 2.05) is 212 Å². The number of para-hydroxylation sites is 8. The van der Waals surface area contributed by atoms with Gasteiger partial charge in [0.2, 0.25) is 0 Å². The number of hydrogen-bond donors (Lipinski definition) is 0. The molecule has 5 nitrogen and oxygen atoms in total. The van der Waals surface area contributed by atoms with Gasteiger partial charge >= 0.3 is 12.4 Å². The Morgan fingerprint density at radius 3 is 0.730 bits per heavy atom. The highest BCUT2D eigenvalue weighted by Crippen LogP contribution is 2.53. The number of alkyl halides is 6. The van der Waals surface area contributed by atoms with Crippen molar-refractivity contribution >= 4 is 87.2 Å². The van der Waals surface area contributed by atoms with Gasteiger partial charge in [0.1, 0.15) is 11.6 Å². The zero-order chi connectivity index (χ0) is 50.2. The van der Waals surface area contributed by atoms with Crippen molar-refractivity contribution in [2.75, 3.05) is 0 Å². The van der Waals surface area contributed by atoms with Gasteiger partial charge in [-0.05, 0) is 72.3 Å². The van der Waals surface area contributed by atoms with Gasteiger partial charge in [-0.25, -0.2) is 0 Å². The highest BCUT2D eigenvalue weighted by molar-refractivity contribution is 6.17. The quantitative estimate of drug-likeness (QED) is 0.159. The van der Waals surface area contributed by atoms with Gasteiger partial charge in [0.25, 0.3) is 0 Å². The van der Waals surface area contributed by atoms with E-state index in [2.05, 4.69) is 6.07 Å². The van der Waals surface area contributed by atoms with Crippen molar-refractivity contribution < 1.29 is 26.3 Å². The van der Waals surface area contributed by atoms with Crippen LogP contribution in [0.4, 0.5) is 26.3 Å². The number of rotatable bonds is 5. The number of nitriles is 1. The van der Waals surface area contributed by atoms with Crippen LogP contribution in [0, 0.1) is 11.3 Å². The van der Waals surface area contributed by atoms with Crippen LogP contribution in [0.2, 0.25) is 0 Å². The molecule has 0 spiro atoms. The fourth-order valence-corrected chi connectivity index (χ4v) is 11.7. The van der Waals surface area contributed by atoms with Crippen molar-refractivity contribution in [3.8, 4) is 39.9 Å². The van der Waals surface area contributed by atoms with Gasteiger partial charge in [-0.3, -0.25) is 0 Å². The fourth-order valence-electron chi connectivity index (χ4n) is 11.7. The molecule has 0 amide bonds. The summed E-state index contributed by atoms with van der Waals surface area (Å²) in [6.45, 7) is 0. The molecule has 4 aromatic heterocycles. The van der Waals surface area contributed by atoms with Crippen molar-refractivity contribution in [1.29, 1.82) is 5.26 Å². The number of nitrogens with zero attached hydrogens (tertiary/aromatic N) is 5. The van der Waals surface area contributed by atoms with E-state index in [9.17, 15) is 5.26 Å². The van der Waals surface area contributed by atoms with Crippen LogP contribution in [0.25, 0.3) is 121 Å². The first-order valence-electron chi connectivity index (χ1n) is 23.9. The Morgan fingerprint density at radius 2 is 0.514 bits per heavy atom. The van der Waals surface area contributed by atoms with E-state index in [4.69, 9.17) is 0 Å². The summed E-state index contributed by atoms with van der Waals surface area (Å²) in [5, 5.41) is 19.0. The van der Waals surface area contributed by atoms with Crippen LogP contribution in [-0.4, -0.2) is 18.3 Å². The molecule has 0 atom stereocenters. The van der Waals surface area contributed by atoms with E-state index < -0.39 is 23.5 Å². The summed E-state index contributed by atoms with van der Waals surface area (Å²) in [5.41, 5.74) is 2.79. The molecule has 0 bridgehead atoms. The zero-order valence-corrected chi connectivity index (χ0v) is 38.7. The van der Waals surface area contributed by atoms with E-state index in [1.165, 1.54) is 0 Å². The van der Waals surface area contributed by atoms with Crippen molar-refractivity contribution in [3.05, 3.63) is 229 Å². The Labute approximate surface area is 416 Å². The molecule has 74 heavy (non-hydrogen) atoms. The molecule has 0 fully saturated rings. The predicted octanol–water partition coefficient (Wildman–Crippen LogP) is 17.7. The van der Waals surface area contributed by atoms with Crippen LogP contribution in [-0.2, 0) is 12.4 Å². The molecule has 4 heterocycles. The maximum Gasteiger partial charge on any atom is 0.416 e. The molecule has 11 heteroatoms. The Bertz CT molecular complexity index is 4230. The topological polar surface area (TPSA) is 43.5 Å². The maximum absolute atomic E-state index is 15.6. The van der Waals surface area contributed by atoms with E-state index in [0.717, 1.165) is 55.2 Å². The van der Waals surface area contributed by atoms with Gasteiger partial charge in [-0.1, -0.05) is 146 Å². The third kappa shape index (κ3) is 6.12. The molecule has 0 N–H and O–H groups in total. The van der Waals surface area contributed by atoms with E-state index in [0.29, 0.717) is 44.1 Å². The van der Waals surface area contributed by atoms with Crippen LogP contribution in [0.15, 0.2) is 212 Å². The van der Waals surface area contributed by atoms with E-state index in [-0.39, 0.29) is 45.5 Å². The second-order valence-corrected chi connectivity index (χ2v) is 18.5. The average molecular weight is 976 g/mol. The normalized spacial score (nSPS) is 12.4. The lowest BCUT2D eigenvalue weighted by molar-refractivity contribution is -0.143. The van der Waals surface area contributed by atoms with Crippen LogP contribution >= 0.6 is 0 Å². The van der Waals surface area contributed by atoms with Gasteiger partial charge in [-0.2, -0.15) is 31.6 Å². The molecule has 0 radical (unpaired) electrons. The molecule has 0 aliphatic heterocycles. The fraction of sp³-hybridized carbons (Fsp3) is 0.0317. The minimum absolute atomic E-state index is 0.0207. The summed E-state index contributed by atoms with van der Waals surface area (Å²) < 4.78 is 102. The summed E-state index contributed by atoms with van der Waals surface area (Å²) in [4.78, 5) is 0. The Balaban J connectivity index is 1.39. The highest BCUT2D eigenvalue weighted by atomic mass is 19.4. The molecule has 0 saturated heterocycles. The lowest BCUT2D eigenvalue weighted by atomic mass is 9.91. The number of halogens is 6.